The number of hydrogen-bond donors (Lipinski definition) is 0. The van der Waals surface area contributed by atoms with Crippen LogP contribution in [0, 0.1) is 0 Å². The van der Waals surface area contributed by atoms with Crippen LogP contribution in [-0.2, 0) is 5.54 Å². The lowest BCUT2D eigenvalue weighted by Gasteiger charge is -2.36. The molecule has 0 N–H and O–H groups in total. The normalized spacial score (nSPS) is 20.2. The summed E-state index contributed by atoms with van der Waals surface area (Å²) in [5.41, 5.74) is -0.228. The first-order valence-corrected chi connectivity index (χ1v) is 7.89. The highest BCUT2D eigenvalue weighted by atomic mass is 35.5. The molecular weight excluding hydrogens is 274 g/mol. The quantitative estimate of drug-likeness (QED) is 0.805. The number of nitrogens with zero attached hydrogens (tertiary/aromatic N) is 3. The van der Waals surface area contributed by atoms with Crippen LogP contribution in [0.15, 0.2) is 17.2 Å². The molecule has 0 aliphatic carbocycles. The first-order chi connectivity index (χ1) is 9.45. The molecule has 4 nitrogen and oxygen atoms in total. The lowest BCUT2D eigenvalue weighted by molar-refractivity contribution is 0.378. The molecule has 0 aromatic carbocycles. The van der Waals surface area contributed by atoms with Crippen molar-refractivity contribution < 1.29 is 0 Å². The molecule has 2 rings (SSSR count). The lowest BCUT2D eigenvalue weighted by atomic mass is 10.00. The number of aromatic nitrogens is 2. The number of alkyl halides is 1. The van der Waals surface area contributed by atoms with Crippen LogP contribution in [-0.4, -0.2) is 28.0 Å². The van der Waals surface area contributed by atoms with Crippen LogP contribution in [0.3, 0.4) is 0 Å². The van der Waals surface area contributed by atoms with E-state index in [2.05, 4.69) is 9.88 Å². The smallest absolute Gasteiger partial charge is 0.293 e. The highest BCUT2D eigenvalue weighted by Crippen LogP contribution is 2.23. The van der Waals surface area contributed by atoms with E-state index in [1.165, 1.54) is 6.42 Å². The summed E-state index contributed by atoms with van der Waals surface area (Å²) in [7, 11) is 0. The largest absolute Gasteiger partial charge is 0.349 e. The van der Waals surface area contributed by atoms with E-state index in [-0.39, 0.29) is 11.1 Å². The minimum absolute atomic E-state index is 0.00136. The molecule has 1 aliphatic rings. The molecule has 1 aromatic heterocycles. The van der Waals surface area contributed by atoms with Crippen LogP contribution in [0.5, 0.6) is 0 Å². The molecule has 0 saturated carbocycles. The maximum absolute atomic E-state index is 12.7. The van der Waals surface area contributed by atoms with Gasteiger partial charge in [0.15, 0.2) is 5.82 Å². The molecule has 1 unspecified atom stereocenters. The Morgan fingerprint density at radius 3 is 2.80 bits per heavy atom. The molecule has 0 bridgehead atoms. The van der Waals surface area contributed by atoms with Gasteiger partial charge >= 0.3 is 0 Å². The summed E-state index contributed by atoms with van der Waals surface area (Å²) < 4.78 is 1.77. The van der Waals surface area contributed by atoms with E-state index in [0.717, 1.165) is 25.8 Å². The van der Waals surface area contributed by atoms with Gasteiger partial charge in [-0.3, -0.25) is 4.79 Å². The van der Waals surface area contributed by atoms with Crippen LogP contribution in [0.4, 0.5) is 5.82 Å². The summed E-state index contributed by atoms with van der Waals surface area (Å²) in [5.74, 6) is 1.21. The van der Waals surface area contributed by atoms with Crippen molar-refractivity contribution >= 4 is 17.4 Å². The second-order valence-corrected chi connectivity index (χ2v) is 6.80. The van der Waals surface area contributed by atoms with Crippen LogP contribution in [0.25, 0.3) is 0 Å². The van der Waals surface area contributed by atoms with Crippen LogP contribution in [0.1, 0.15) is 46.5 Å². The van der Waals surface area contributed by atoms with Crippen molar-refractivity contribution in [2.45, 2.75) is 58.0 Å². The number of hydrogen-bond acceptors (Lipinski definition) is 3. The van der Waals surface area contributed by atoms with Gasteiger partial charge in [0.25, 0.3) is 5.56 Å². The molecule has 1 saturated heterocycles. The fourth-order valence-electron chi connectivity index (χ4n) is 2.83. The predicted molar refractivity (Wildman–Crippen MR) is 83.8 cm³/mol. The van der Waals surface area contributed by atoms with Crippen molar-refractivity contribution in [3.05, 3.63) is 22.7 Å². The molecule has 1 fully saturated rings. The second kappa shape index (κ2) is 6.17. The Morgan fingerprint density at radius 1 is 1.40 bits per heavy atom. The van der Waals surface area contributed by atoms with Gasteiger partial charge in [-0.1, -0.05) is 0 Å². The van der Waals surface area contributed by atoms with Gasteiger partial charge in [-0.25, -0.2) is 4.98 Å². The Hall–Kier alpha value is -1.03. The van der Waals surface area contributed by atoms with Crippen molar-refractivity contribution in [1.29, 1.82) is 0 Å². The third kappa shape index (κ3) is 3.17. The second-order valence-electron chi connectivity index (χ2n) is 6.42. The highest BCUT2D eigenvalue weighted by Gasteiger charge is 2.27. The van der Waals surface area contributed by atoms with Gasteiger partial charge in [0.1, 0.15) is 0 Å². The topological polar surface area (TPSA) is 38.1 Å². The van der Waals surface area contributed by atoms with Crippen molar-refractivity contribution in [3.63, 3.8) is 0 Å². The highest BCUT2D eigenvalue weighted by molar-refractivity contribution is 6.17. The predicted octanol–water partition coefficient (Wildman–Crippen LogP) is 2.99. The van der Waals surface area contributed by atoms with Crippen molar-refractivity contribution in [1.82, 2.24) is 9.55 Å². The van der Waals surface area contributed by atoms with Gasteiger partial charge in [-0.15, -0.1) is 11.6 Å². The number of halogens is 1. The zero-order valence-electron chi connectivity index (χ0n) is 12.6. The molecule has 5 heteroatoms. The molecule has 1 aliphatic heterocycles. The number of anilines is 1. The molecule has 0 amide bonds. The molecule has 0 radical (unpaired) electrons. The monoisotopic (exact) mass is 297 g/mol. The Balaban J connectivity index is 2.39. The van der Waals surface area contributed by atoms with Crippen LogP contribution >= 0.6 is 11.6 Å². The summed E-state index contributed by atoms with van der Waals surface area (Å²) in [6, 6.07) is 0.345. The Kier molecular flexibility index (Phi) is 4.74. The van der Waals surface area contributed by atoms with Gasteiger partial charge < -0.3 is 9.47 Å². The van der Waals surface area contributed by atoms with Crippen molar-refractivity contribution in [3.8, 4) is 0 Å². The molecule has 20 heavy (non-hydrogen) atoms. The van der Waals surface area contributed by atoms with E-state index in [1.54, 1.807) is 17.0 Å². The zero-order chi connectivity index (χ0) is 14.8. The van der Waals surface area contributed by atoms with E-state index < -0.39 is 0 Å². The average Bonchev–Trinajstić information content (AvgIpc) is 2.39. The van der Waals surface area contributed by atoms with E-state index in [0.29, 0.717) is 17.7 Å². The molecule has 0 spiro atoms. The van der Waals surface area contributed by atoms with E-state index in [4.69, 9.17) is 11.6 Å². The van der Waals surface area contributed by atoms with Gasteiger partial charge in [0.05, 0.1) is 0 Å². The summed E-state index contributed by atoms with van der Waals surface area (Å²) >= 11 is 5.90. The van der Waals surface area contributed by atoms with Gasteiger partial charge in [0.2, 0.25) is 0 Å². The fraction of sp³-hybridized carbons (Fsp3) is 0.733. The van der Waals surface area contributed by atoms with Crippen molar-refractivity contribution in [2.75, 3.05) is 17.3 Å². The maximum Gasteiger partial charge on any atom is 0.293 e. The van der Waals surface area contributed by atoms with E-state index in [1.807, 2.05) is 20.8 Å². The summed E-state index contributed by atoms with van der Waals surface area (Å²) in [5, 5.41) is 0. The van der Waals surface area contributed by atoms with Gasteiger partial charge in [0, 0.05) is 36.4 Å². The first kappa shape index (κ1) is 15.4. The minimum Gasteiger partial charge on any atom is -0.349 e. The summed E-state index contributed by atoms with van der Waals surface area (Å²) in [6.45, 7) is 7.00. The minimum atomic E-state index is -0.230. The molecule has 2 heterocycles. The number of rotatable bonds is 3. The molecule has 1 aromatic rings. The zero-order valence-corrected chi connectivity index (χ0v) is 13.4. The Bertz CT molecular complexity index is 505. The van der Waals surface area contributed by atoms with Gasteiger partial charge in [-0.05, 0) is 46.5 Å². The SMILES string of the molecule is CC(C)(C)n1ccnc(N2CCCCC2CCCl)c1=O. The third-order valence-corrected chi connectivity index (χ3v) is 4.11. The fourth-order valence-corrected chi connectivity index (χ4v) is 3.08. The Morgan fingerprint density at radius 2 is 2.15 bits per heavy atom. The molecular formula is C15H24ClN3O. The van der Waals surface area contributed by atoms with Gasteiger partial charge in [-0.2, -0.15) is 0 Å². The standard InChI is InChI=1S/C15H24ClN3O/c1-15(2,3)19-11-9-17-13(14(19)20)18-10-5-4-6-12(18)7-8-16/h9,11-12H,4-8,10H2,1-3H3. The molecule has 1 atom stereocenters. The lowest BCUT2D eigenvalue weighted by Crippen LogP contribution is -2.45. The third-order valence-electron chi connectivity index (χ3n) is 3.89. The summed E-state index contributed by atoms with van der Waals surface area (Å²) in [6.07, 6.45) is 7.83. The van der Waals surface area contributed by atoms with E-state index in [9.17, 15) is 4.79 Å². The van der Waals surface area contributed by atoms with Crippen LogP contribution < -0.4 is 10.5 Å². The maximum atomic E-state index is 12.7. The molecule has 112 valence electrons. The number of piperidine rings is 1. The first-order valence-electron chi connectivity index (χ1n) is 7.36. The van der Waals surface area contributed by atoms with Crippen LogP contribution in [0.2, 0.25) is 0 Å². The summed E-state index contributed by atoms with van der Waals surface area (Å²) in [4.78, 5) is 19.2. The van der Waals surface area contributed by atoms with Crippen molar-refractivity contribution in [2.24, 2.45) is 0 Å². The Labute approximate surface area is 125 Å². The van der Waals surface area contributed by atoms with E-state index >= 15 is 0 Å². The average molecular weight is 298 g/mol.